The average molecular weight is 356 g/mol. The van der Waals surface area contributed by atoms with E-state index in [1.807, 2.05) is 4.83 Å². The molecule has 0 bridgehead atoms. The van der Waals surface area contributed by atoms with Crippen molar-refractivity contribution < 1.29 is 21.6 Å². The number of hydrazone groups is 1. The molecule has 2 aromatic carbocycles. The van der Waals surface area contributed by atoms with Gasteiger partial charge in [0.05, 0.1) is 16.7 Å². The minimum Gasteiger partial charge on any atom is -0.200 e. The molecule has 0 saturated carbocycles. The summed E-state index contributed by atoms with van der Waals surface area (Å²) in [5.74, 6) is 0. The molecular formula is C16H15F3N2O2S. The summed E-state index contributed by atoms with van der Waals surface area (Å²) in [6.07, 6.45) is -3.71. The lowest BCUT2D eigenvalue weighted by Crippen LogP contribution is -2.20. The molecule has 0 aliphatic rings. The molecule has 0 unspecified atom stereocenters. The number of benzene rings is 2. The van der Waals surface area contributed by atoms with Crippen molar-refractivity contribution in [2.75, 3.05) is 0 Å². The van der Waals surface area contributed by atoms with Crippen LogP contribution in [0.3, 0.4) is 0 Å². The third-order valence-electron chi connectivity index (χ3n) is 3.28. The smallest absolute Gasteiger partial charge is 0.200 e. The number of hydrogen-bond donors (Lipinski definition) is 1. The van der Waals surface area contributed by atoms with Crippen molar-refractivity contribution in [1.29, 1.82) is 0 Å². The van der Waals surface area contributed by atoms with E-state index in [-0.39, 0.29) is 10.5 Å². The highest BCUT2D eigenvalue weighted by Crippen LogP contribution is 2.31. The Morgan fingerprint density at radius 2 is 1.75 bits per heavy atom. The van der Waals surface area contributed by atoms with Crippen LogP contribution in [0.1, 0.15) is 22.3 Å². The second-order valence-electron chi connectivity index (χ2n) is 5.21. The highest BCUT2D eigenvalue weighted by molar-refractivity contribution is 7.89. The fraction of sp³-hybridized carbons (Fsp3) is 0.188. The van der Waals surface area contributed by atoms with E-state index in [9.17, 15) is 21.6 Å². The van der Waals surface area contributed by atoms with E-state index in [0.29, 0.717) is 5.56 Å². The number of halogens is 3. The molecule has 8 heteroatoms. The molecule has 24 heavy (non-hydrogen) atoms. The van der Waals surface area contributed by atoms with Crippen molar-refractivity contribution in [2.45, 2.75) is 24.9 Å². The van der Waals surface area contributed by atoms with Crippen molar-refractivity contribution in [3.8, 4) is 0 Å². The van der Waals surface area contributed by atoms with Crippen molar-refractivity contribution in [3.63, 3.8) is 0 Å². The van der Waals surface area contributed by atoms with Crippen molar-refractivity contribution >= 4 is 16.2 Å². The average Bonchev–Trinajstić information content (AvgIpc) is 2.49. The molecule has 0 radical (unpaired) electrons. The molecule has 0 fully saturated rings. The lowest BCUT2D eigenvalue weighted by Gasteiger charge is -2.10. The summed E-state index contributed by atoms with van der Waals surface area (Å²) in [6, 6.07) is 9.65. The zero-order valence-corrected chi connectivity index (χ0v) is 13.7. The van der Waals surface area contributed by atoms with Crippen LogP contribution in [0, 0.1) is 13.8 Å². The zero-order chi connectivity index (χ0) is 18.0. The summed E-state index contributed by atoms with van der Waals surface area (Å²) in [7, 11) is -3.96. The molecule has 4 nitrogen and oxygen atoms in total. The first kappa shape index (κ1) is 18.0. The summed E-state index contributed by atoms with van der Waals surface area (Å²) in [5.41, 5.74) is 0.139. The molecule has 2 aromatic rings. The molecule has 128 valence electrons. The molecular weight excluding hydrogens is 341 g/mol. The number of aryl methyl sites for hydroxylation is 2. The summed E-state index contributed by atoms with van der Waals surface area (Å²) < 4.78 is 63.1. The molecule has 0 aliphatic heterocycles. The standard InChI is InChI=1S/C16H15F3N2O2S/c1-11-7-8-12(2)15(9-11)24(22,23)21-20-10-13-5-3-4-6-14(13)16(17,18)19/h3-10,21H,1-2H3/b20-10+. The van der Waals surface area contributed by atoms with Gasteiger partial charge in [-0.15, -0.1) is 0 Å². The third-order valence-corrected chi connectivity index (χ3v) is 4.64. The second kappa shape index (κ2) is 6.64. The summed E-state index contributed by atoms with van der Waals surface area (Å²) in [5, 5.41) is 3.47. The molecule has 0 aliphatic carbocycles. The van der Waals surface area contributed by atoms with E-state index < -0.39 is 21.8 Å². The maximum Gasteiger partial charge on any atom is 0.417 e. The summed E-state index contributed by atoms with van der Waals surface area (Å²) in [6.45, 7) is 3.36. The van der Waals surface area contributed by atoms with Crippen LogP contribution in [0.2, 0.25) is 0 Å². The number of sulfonamides is 1. The molecule has 1 N–H and O–H groups in total. The number of rotatable bonds is 4. The Morgan fingerprint density at radius 1 is 1.08 bits per heavy atom. The van der Waals surface area contributed by atoms with Gasteiger partial charge in [0.15, 0.2) is 0 Å². The maximum atomic E-state index is 12.9. The van der Waals surface area contributed by atoms with Gasteiger partial charge in [0.1, 0.15) is 0 Å². The first-order valence-corrected chi connectivity index (χ1v) is 8.38. The van der Waals surface area contributed by atoms with Crippen LogP contribution < -0.4 is 4.83 Å². The van der Waals surface area contributed by atoms with Gasteiger partial charge in [-0.1, -0.05) is 30.3 Å². The Kier molecular flexibility index (Phi) is 4.98. The van der Waals surface area contributed by atoms with E-state index in [4.69, 9.17) is 0 Å². The van der Waals surface area contributed by atoms with E-state index in [1.165, 1.54) is 24.3 Å². The third kappa shape index (κ3) is 4.14. The normalized spacial score (nSPS) is 12.5. The van der Waals surface area contributed by atoms with E-state index >= 15 is 0 Å². The van der Waals surface area contributed by atoms with Crippen LogP contribution in [0.4, 0.5) is 13.2 Å². The number of alkyl halides is 3. The zero-order valence-electron chi connectivity index (χ0n) is 12.9. The van der Waals surface area contributed by atoms with Crippen LogP contribution in [-0.4, -0.2) is 14.6 Å². The Hall–Kier alpha value is -2.35. The number of nitrogens with zero attached hydrogens (tertiary/aromatic N) is 1. The van der Waals surface area contributed by atoms with Crippen LogP contribution in [0.25, 0.3) is 0 Å². The predicted molar refractivity (Wildman–Crippen MR) is 85.3 cm³/mol. The molecule has 0 saturated heterocycles. The van der Waals surface area contributed by atoms with Crippen LogP contribution in [0.15, 0.2) is 52.5 Å². The first-order chi connectivity index (χ1) is 11.1. The van der Waals surface area contributed by atoms with Gasteiger partial charge < -0.3 is 0 Å². The van der Waals surface area contributed by atoms with E-state index in [0.717, 1.165) is 17.8 Å². The predicted octanol–water partition coefficient (Wildman–Crippen LogP) is 3.63. The van der Waals surface area contributed by atoms with Gasteiger partial charge in [-0.2, -0.15) is 26.7 Å². The molecule has 0 aromatic heterocycles. The van der Waals surface area contributed by atoms with Gasteiger partial charge in [0.25, 0.3) is 10.0 Å². The van der Waals surface area contributed by atoms with Gasteiger partial charge in [-0.05, 0) is 37.1 Å². The molecule has 0 atom stereocenters. The first-order valence-electron chi connectivity index (χ1n) is 6.89. The van der Waals surface area contributed by atoms with Crippen molar-refractivity contribution in [3.05, 3.63) is 64.7 Å². The SMILES string of the molecule is Cc1ccc(C)c(S(=O)(=O)N/N=C/c2ccccc2C(F)(F)F)c1. The fourth-order valence-electron chi connectivity index (χ4n) is 2.08. The largest absolute Gasteiger partial charge is 0.417 e. The van der Waals surface area contributed by atoms with Crippen molar-refractivity contribution in [1.82, 2.24) is 4.83 Å². The van der Waals surface area contributed by atoms with Crippen LogP contribution >= 0.6 is 0 Å². The minimum atomic E-state index is -4.55. The lowest BCUT2D eigenvalue weighted by atomic mass is 10.1. The van der Waals surface area contributed by atoms with Crippen LogP contribution in [0.5, 0.6) is 0 Å². The Bertz CT molecular complexity index is 875. The lowest BCUT2D eigenvalue weighted by molar-refractivity contribution is -0.137. The maximum absolute atomic E-state index is 12.9. The minimum absolute atomic E-state index is 0.0313. The monoisotopic (exact) mass is 356 g/mol. The Labute approximate surface area is 138 Å². The summed E-state index contributed by atoms with van der Waals surface area (Å²) >= 11 is 0. The van der Waals surface area contributed by atoms with Gasteiger partial charge in [-0.3, -0.25) is 0 Å². The quantitative estimate of drug-likeness (QED) is 0.672. The Balaban J connectivity index is 2.28. The second-order valence-corrected chi connectivity index (χ2v) is 6.84. The van der Waals surface area contributed by atoms with Gasteiger partial charge in [-0.25, -0.2) is 4.83 Å². The highest BCUT2D eigenvalue weighted by Gasteiger charge is 2.32. The molecule has 2 rings (SSSR count). The number of nitrogens with one attached hydrogen (secondary N) is 1. The summed E-state index contributed by atoms with van der Waals surface area (Å²) in [4.78, 5) is 1.98. The molecule has 0 spiro atoms. The molecule has 0 heterocycles. The van der Waals surface area contributed by atoms with Gasteiger partial charge in [0.2, 0.25) is 0 Å². The van der Waals surface area contributed by atoms with Crippen molar-refractivity contribution in [2.24, 2.45) is 5.10 Å². The number of hydrogen-bond acceptors (Lipinski definition) is 3. The van der Waals surface area contributed by atoms with Gasteiger partial charge >= 0.3 is 6.18 Å². The highest BCUT2D eigenvalue weighted by atomic mass is 32.2. The van der Waals surface area contributed by atoms with E-state index in [2.05, 4.69) is 5.10 Å². The fourth-order valence-corrected chi connectivity index (χ4v) is 3.20. The van der Waals surface area contributed by atoms with E-state index in [1.54, 1.807) is 26.0 Å². The molecule has 0 amide bonds. The van der Waals surface area contributed by atoms with Crippen LogP contribution in [-0.2, 0) is 16.2 Å². The Morgan fingerprint density at radius 3 is 2.42 bits per heavy atom. The topological polar surface area (TPSA) is 58.5 Å². The van der Waals surface area contributed by atoms with Gasteiger partial charge in [0, 0.05) is 5.56 Å².